The van der Waals surface area contributed by atoms with Crippen LogP contribution in [0.4, 0.5) is 0 Å². The molecule has 122 valence electrons. The normalized spacial score (nSPS) is 17.0. The lowest BCUT2D eigenvalue weighted by atomic mass is 9.73. The summed E-state index contributed by atoms with van der Waals surface area (Å²) in [6.07, 6.45) is 1.63. The summed E-state index contributed by atoms with van der Waals surface area (Å²) in [5.41, 5.74) is 1.06. The van der Waals surface area contributed by atoms with Crippen molar-refractivity contribution in [3.63, 3.8) is 0 Å². The van der Waals surface area contributed by atoms with Crippen LogP contribution in [0.25, 0.3) is 10.8 Å². The highest BCUT2D eigenvalue weighted by Crippen LogP contribution is 2.45. The van der Waals surface area contributed by atoms with E-state index < -0.39 is 5.97 Å². The van der Waals surface area contributed by atoms with Gasteiger partial charge in [0.25, 0.3) is 0 Å². The van der Waals surface area contributed by atoms with Crippen LogP contribution in [0.1, 0.15) is 33.9 Å². The van der Waals surface area contributed by atoms with E-state index in [1.54, 1.807) is 5.38 Å². The fourth-order valence-electron chi connectivity index (χ4n) is 3.55. The molecule has 0 saturated carbocycles. The Morgan fingerprint density at radius 2 is 1.88 bits per heavy atom. The summed E-state index contributed by atoms with van der Waals surface area (Å²) >= 11 is 1.44. The largest absolute Gasteiger partial charge is 0.476 e. The Bertz CT molecular complexity index is 891. The second-order valence-electron chi connectivity index (χ2n) is 6.06. The zero-order valence-corrected chi connectivity index (χ0v) is 13.9. The lowest BCUT2D eigenvalue weighted by Crippen LogP contribution is -2.35. The van der Waals surface area contributed by atoms with E-state index in [0.29, 0.717) is 13.2 Å². The van der Waals surface area contributed by atoms with Crippen LogP contribution in [0.5, 0.6) is 0 Å². The van der Waals surface area contributed by atoms with E-state index in [1.165, 1.54) is 27.7 Å². The fourth-order valence-corrected chi connectivity index (χ4v) is 4.62. The van der Waals surface area contributed by atoms with Crippen LogP contribution in [0.3, 0.4) is 0 Å². The van der Waals surface area contributed by atoms with Crippen LogP contribution in [0, 0.1) is 0 Å². The third kappa shape index (κ3) is 2.41. The molecule has 1 fully saturated rings. The summed E-state index contributed by atoms with van der Waals surface area (Å²) < 4.78 is 5.59. The van der Waals surface area contributed by atoms with Crippen LogP contribution in [0.15, 0.2) is 47.8 Å². The number of thiazole rings is 1. The molecular weight excluding hydrogens is 322 g/mol. The van der Waals surface area contributed by atoms with Gasteiger partial charge < -0.3 is 9.84 Å². The van der Waals surface area contributed by atoms with Gasteiger partial charge in [0, 0.05) is 18.6 Å². The van der Waals surface area contributed by atoms with Crippen molar-refractivity contribution in [2.75, 3.05) is 13.2 Å². The number of hydrogen-bond acceptors (Lipinski definition) is 4. The van der Waals surface area contributed by atoms with Crippen molar-refractivity contribution in [2.45, 2.75) is 18.3 Å². The minimum Gasteiger partial charge on any atom is -0.476 e. The predicted octanol–water partition coefficient (Wildman–Crippen LogP) is 4.09. The lowest BCUT2D eigenvalue weighted by molar-refractivity contribution is 0.0630. The molecule has 1 aromatic heterocycles. The number of rotatable bonds is 3. The van der Waals surface area contributed by atoms with E-state index in [9.17, 15) is 9.90 Å². The first-order valence-electron chi connectivity index (χ1n) is 7.96. The zero-order chi connectivity index (χ0) is 16.6. The highest BCUT2D eigenvalue weighted by molar-refractivity contribution is 7.10. The van der Waals surface area contributed by atoms with Gasteiger partial charge >= 0.3 is 5.97 Å². The molecule has 4 rings (SSSR count). The topological polar surface area (TPSA) is 59.4 Å². The Morgan fingerprint density at radius 1 is 1.12 bits per heavy atom. The lowest BCUT2D eigenvalue weighted by Gasteiger charge is -2.36. The molecule has 0 atom stereocenters. The summed E-state index contributed by atoms with van der Waals surface area (Å²) in [4.78, 5) is 15.7. The van der Waals surface area contributed by atoms with Crippen molar-refractivity contribution < 1.29 is 14.6 Å². The van der Waals surface area contributed by atoms with E-state index in [4.69, 9.17) is 4.74 Å². The molecule has 3 aromatic rings. The number of aromatic nitrogens is 1. The first kappa shape index (κ1) is 15.3. The van der Waals surface area contributed by atoms with Crippen molar-refractivity contribution >= 4 is 28.1 Å². The van der Waals surface area contributed by atoms with Gasteiger partial charge in [-0.3, -0.25) is 0 Å². The molecule has 24 heavy (non-hydrogen) atoms. The third-order valence-corrected chi connectivity index (χ3v) is 5.83. The minimum atomic E-state index is -0.974. The smallest absolute Gasteiger partial charge is 0.355 e. The molecule has 1 aliphatic rings. The maximum Gasteiger partial charge on any atom is 0.355 e. The molecule has 0 radical (unpaired) electrons. The van der Waals surface area contributed by atoms with E-state index >= 15 is 0 Å². The van der Waals surface area contributed by atoms with Gasteiger partial charge in [0.15, 0.2) is 5.69 Å². The van der Waals surface area contributed by atoms with E-state index in [2.05, 4.69) is 35.3 Å². The van der Waals surface area contributed by atoms with Gasteiger partial charge in [-0.25, -0.2) is 9.78 Å². The van der Waals surface area contributed by atoms with E-state index in [-0.39, 0.29) is 11.1 Å². The van der Waals surface area contributed by atoms with Gasteiger partial charge in [-0.15, -0.1) is 11.3 Å². The predicted molar refractivity (Wildman–Crippen MR) is 93.9 cm³/mol. The van der Waals surface area contributed by atoms with Crippen molar-refractivity contribution in [2.24, 2.45) is 0 Å². The average Bonchev–Trinajstić information content (AvgIpc) is 3.13. The quantitative estimate of drug-likeness (QED) is 0.781. The van der Waals surface area contributed by atoms with Gasteiger partial charge in [-0.1, -0.05) is 42.5 Å². The molecule has 2 aromatic carbocycles. The van der Waals surface area contributed by atoms with Crippen molar-refractivity contribution in [1.29, 1.82) is 0 Å². The second kappa shape index (κ2) is 6.00. The number of aromatic carboxylic acids is 1. The summed E-state index contributed by atoms with van der Waals surface area (Å²) in [5, 5.41) is 14.1. The average molecular weight is 339 g/mol. The zero-order valence-electron chi connectivity index (χ0n) is 13.1. The molecule has 1 saturated heterocycles. The molecule has 2 heterocycles. The molecule has 0 aliphatic carbocycles. The molecule has 0 bridgehead atoms. The van der Waals surface area contributed by atoms with Gasteiger partial charge in [-0.2, -0.15) is 0 Å². The van der Waals surface area contributed by atoms with Crippen LogP contribution >= 0.6 is 11.3 Å². The van der Waals surface area contributed by atoms with Gasteiger partial charge in [-0.05, 0) is 29.2 Å². The number of carboxylic acid groups (broad SMARTS) is 1. The molecule has 0 unspecified atom stereocenters. The molecular formula is C19H17NO3S. The number of ether oxygens (including phenoxy) is 1. The summed E-state index contributed by atoms with van der Waals surface area (Å²) in [7, 11) is 0. The fraction of sp³-hybridized carbons (Fsp3) is 0.263. The molecule has 1 N–H and O–H groups in total. The summed E-state index contributed by atoms with van der Waals surface area (Å²) in [6, 6.07) is 14.6. The highest BCUT2D eigenvalue weighted by atomic mass is 32.1. The van der Waals surface area contributed by atoms with Gasteiger partial charge in [0.2, 0.25) is 0 Å². The van der Waals surface area contributed by atoms with Crippen LogP contribution in [-0.2, 0) is 10.2 Å². The number of carboxylic acids is 1. The Labute approximate surface area is 143 Å². The highest BCUT2D eigenvalue weighted by Gasteiger charge is 2.40. The standard InChI is InChI=1S/C19H17NO3S/c21-17(22)16-12-24-18(20-16)19(8-10-23-11-9-19)15-7-3-5-13-4-1-2-6-14(13)15/h1-7,12H,8-11H2,(H,21,22). The number of fused-ring (bicyclic) bond motifs is 1. The Balaban J connectivity index is 1.94. The number of hydrogen-bond donors (Lipinski definition) is 1. The minimum absolute atomic E-state index is 0.126. The Hall–Kier alpha value is -2.24. The van der Waals surface area contributed by atoms with Crippen LogP contribution in [0.2, 0.25) is 0 Å². The van der Waals surface area contributed by atoms with E-state index in [0.717, 1.165) is 17.8 Å². The molecule has 1 aliphatic heterocycles. The van der Waals surface area contributed by atoms with Gasteiger partial charge in [0.05, 0.1) is 5.41 Å². The van der Waals surface area contributed by atoms with Crippen molar-refractivity contribution in [3.05, 3.63) is 64.1 Å². The molecule has 4 nitrogen and oxygen atoms in total. The van der Waals surface area contributed by atoms with Gasteiger partial charge in [0.1, 0.15) is 5.01 Å². The number of carbonyl (C=O) groups is 1. The number of benzene rings is 2. The van der Waals surface area contributed by atoms with Crippen molar-refractivity contribution in [3.8, 4) is 0 Å². The first-order chi connectivity index (χ1) is 11.7. The molecule has 0 amide bonds. The monoisotopic (exact) mass is 339 g/mol. The summed E-state index contributed by atoms with van der Waals surface area (Å²) in [5.74, 6) is -0.974. The SMILES string of the molecule is O=C(O)c1csc(C2(c3cccc4ccccc34)CCOCC2)n1. The van der Waals surface area contributed by atoms with Crippen LogP contribution in [-0.4, -0.2) is 29.3 Å². The first-order valence-corrected chi connectivity index (χ1v) is 8.84. The summed E-state index contributed by atoms with van der Waals surface area (Å²) in [6.45, 7) is 1.32. The van der Waals surface area contributed by atoms with Crippen molar-refractivity contribution in [1.82, 2.24) is 4.98 Å². The maximum absolute atomic E-state index is 11.3. The van der Waals surface area contributed by atoms with Crippen LogP contribution < -0.4 is 0 Å². The second-order valence-corrected chi connectivity index (χ2v) is 6.92. The molecule has 0 spiro atoms. The Morgan fingerprint density at radius 3 is 2.62 bits per heavy atom. The third-order valence-electron chi connectivity index (χ3n) is 4.78. The Kier molecular flexibility index (Phi) is 3.82. The molecule has 5 heteroatoms. The van der Waals surface area contributed by atoms with E-state index in [1.807, 2.05) is 12.1 Å². The maximum atomic E-state index is 11.3. The number of nitrogens with zero attached hydrogens (tertiary/aromatic N) is 1.